The van der Waals surface area contributed by atoms with E-state index in [0.717, 1.165) is 18.6 Å². The number of carbonyl (C=O) groups excluding carboxylic acids is 1. The summed E-state index contributed by atoms with van der Waals surface area (Å²) >= 11 is 0. The van der Waals surface area contributed by atoms with Crippen LogP contribution in [0.25, 0.3) is 0 Å². The van der Waals surface area contributed by atoms with Crippen LogP contribution in [0.15, 0.2) is 35.4 Å². The Bertz CT molecular complexity index is 346. The third-order valence-corrected chi connectivity index (χ3v) is 1.98. The molecule has 0 heterocycles. The zero-order chi connectivity index (χ0) is 11.1. The first kappa shape index (κ1) is 11.2. The second-order valence-electron chi connectivity index (χ2n) is 3.31. The van der Waals surface area contributed by atoms with Crippen LogP contribution >= 0.6 is 0 Å². The molecule has 0 aliphatic rings. The molecule has 3 N–H and O–H groups in total. The van der Waals surface area contributed by atoms with Crippen molar-refractivity contribution in [2.45, 2.75) is 19.8 Å². The van der Waals surface area contributed by atoms with Crippen molar-refractivity contribution in [2.75, 3.05) is 0 Å². The molecule has 4 nitrogen and oxygen atoms in total. The summed E-state index contributed by atoms with van der Waals surface area (Å²) in [5, 5.41) is 3.83. The van der Waals surface area contributed by atoms with Crippen molar-refractivity contribution >= 4 is 11.7 Å². The molecule has 1 aromatic carbocycles. The van der Waals surface area contributed by atoms with Gasteiger partial charge in [-0.2, -0.15) is 5.10 Å². The van der Waals surface area contributed by atoms with Gasteiger partial charge in [0, 0.05) is 5.71 Å². The lowest BCUT2D eigenvalue weighted by atomic mass is 10.1. The summed E-state index contributed by atoms with van der Waals surface area (Å²) in [7, 11) is 0. The Morgan fingerprint density at radius 1 is 1.40 bits per heavy atom. The maximum absolute atomic E-state index is 10.4. The maximum Gasteiger partial charge on any atom is 0.332 e. The van der Waals surface area contributed by atoms with E-state index in [1.54, 1.807) is 0 Å². The molecular formula is C11H15N3O. The number of urea groups is 1. The van der Waals surface area contributed by atoms with E-state index in [2.05, 4.69) is 22.7 Å². The van der Waals surface area contributed by atoms with E-state index in [1.807, 2.05) is 25.1 Å². The highest BCUT2D eigenvalue weighted by Crippen LogP contribution is 2.02. The van der Waals surface area contributed by atoms with Gasteiger partial charge in [0.2, 0.25) is 0 Å². The second-order valence-corrected chi connectivity index (χ2v) is 3.31. The molecule has 0 saturated carbocycles. The van der Waals surface area contributed by atoms with Gasteiger partial charge in [-0.15, -0.1) is 0 Å². The molecule has 1 rings (SSSR count). The van der Waals surface area contributed by atoms with Crippen molar-refractivity contribution < 1.29 is 4.79 Å². The molecule has 4 heteroatoms. The van der Waals surface area contributed by atoms with Crippen LogP contribution < -0.4 is 11.2 Å². The minimum Gasteiger partial charge on any atom is -0.350 e. The highest BCUT2D eigenvalue weighted by atomic mass is 16.2. The lowest BCUT2D eigenvalue weighted by Gasteiger charge is -2.01. The number of aryl methyl sites for hydroxylation is 1. The number of hydrazone groups is 1. The monoisotopic (exact) mass is 205 g/mol. The van der Waals surface area contributed by atoms with E-state index in [0.29, 0.717) is 0 Å². The first-order valence-electron chi connectivity index (χ1n) is 4.81. The highest BCUT2D eigenvalue weighted by molar-refractivity contribution is 5.83. The summed E-state index contributed by atoms with van der Waals surface area (Å²) in [6, 6.07) is 9.49. The molecule has 0 spiro atoms. The standard InChI is InChI=1S/C11H15N3O/c1-9(13-14-11(12)15)7-8-10-5-3-2-4-6-10/h2-6H,7-8H2,1H3,(H3,12,14,15)/b13-9-. The summed E-state index contributed by atoms with van der Waals surface area (Å²) in [6.45, 7) is 1.86. The SMILES string of the molecule is C/C(CCc1ccccc1)=N/NC(N)=O. The predicted octanol–water partition coefficient (Wildman–Crippen LogP) is 1.66. The maximum atomic E-state index is 10.4. The number of amides is 2. The van der Waals surface area contributed by atoms with Crippen LogP contribution in [0.3, 0.4) is 0 Å². The zero-order valence-electron chi connectivity index (χ0n) is 8.73. The first-order chi connectivity index (χ1) is 7.18. The number of nitrogens with zero attached hydrogens (tertiary/aromatic N) is 1. The number of benzene rings is 1. The van der Waals surface area contributed by atoms with E-state index in [1.165, 1.54) is 5.56 Å². The van der Waals surface area contributed by atoms with E-state index in [9.17, 15) is 4.79 Å². The topological polar surface area (TPSA) is 67.5 Å². The third kappa shape index (κ3) is 4.81. The van der Waals surface area contributed by atoms with E-state index in [-0.39, 0.29) is 0 Å². The fraction of sp³-hybridized carbons (Fsp3) is 0.273. The van der Waals surface area contributed by atoms with Crippen molar-refractivity contribution in [1.82, 2.24) is 5.43 Å². The van der Waals surface area contributed by atoms with Gasteiger partial charge in [-0.3, -0.25) is 0 Å². The van der Waals surface area contributed by atoms with Crippen molar-refractivity contribution in [1.29, 1.82) is 0 Å². The Kier molecular flexibility index (Phi) is 4.34. The fourth-order valence-electron chi connectivity index (χ4n) is 1.18. The van der Waals surface area contributed by atoms with Gasteiger partial charge in [-0.05, 0) is 25.3 Å². The van der Waals surface area contributed by atoms with Crippen LogP contribution in [-0.2, 0) is 6.42 Å². The van der Waals surface area contributed by atoms with Gasteiger partial charge in [-0.25, -0.2) is 10.2 Å². The molecule has 80 valence electrons. The minimum absolute atomic E-state index is 0.630. The van der Waals surface area contributed by atoms with Crippen molar-refractivity contribution in [3.63, 3.8) is 0 Å². The van der Waals surface area contributed by atoms with Crippen molar-refractivity contribution in [2.24, 2.45) is 10.8 Å². The molecular weight excluding hydrogens is 190 g/mol. The first-order valence-corrected chi connectivity index (χ1v) is 4.81. The number of rotatable bonds is 4. The lowest BCUT2D eigenvalue weighted by molar-refractivity contribution is 0.249. The number of nitrogens with one attached hydrogen (secondary N) is 1. The van der Waals surface area contributed by atoms with Gasteiger partial charge in [0.25, 0.3) is 0 Å². The normalized spacial score (nSPS) is 11.1. The van der Waals surface area contributed by atoms with Crippen LogP contribution in [-0.4, -0.2) is 11.7 Å². The number of hydrogen-bond donors (Lipinski definition) is 2. The van der Waals surface area contributed by atoms with Crippen LogP contribution in [0.2, 0.25) is 0 Å². The number of primary amides is 1. The summed E-state index contributed by atoms with van der Waals surface area (Å²) in [5.74, 6) is 0. The molecule has 0 aromatic heterocycles. The van der Waals surface area contributed by atoms with E-state index >= 15 is 0 Å². The van der Waals surface area contributed by atoms with E-state index < -0.39 is 6.03 Å². The summed E-state index contributed by atoms with van der Waals surface area (Å²) in [6.07, 6.45) is 1.72. The number of hydrogen-bond acceptors (Lipinski definition) is 2. The Morgan fingerprint density at radius 3 is 2.67 bits per heavy atom. The molecule has 0 atom stereocenters. The Morgan fingerprint density at radius 2 is 2.07 bits per heavy atom. The average Bonchev–Trinajstić information content (AvgIpc) is 2.25. The quantitative estimate of drug-likeness (QED) is 0.569. The largest absolute Gasteiger partial charge is 0.350 e. The van der Waals surface area contributed by atoms with Crippen LogP contribution in [0.1, 0.15) is 18.9 Å². The van der Waals surface area contributed by atoms with Gasteiger partial charge in [-0.1, -0.05) is 30.3 Å². The van der Waals surface area contributed by atoms with Crippen LogP contribution in [0.5, 0.6) is 0 Å². The summed E-state index contributed by atoms with van der Waals surface area (Å²) in [4.78, 5) is 10.4. The molecule has 1 aromatic rings. The van der Waals surface area contributed by atoms with Gasteiger partial charge >= 0.3 is 6.03 Å². The predicted molar refractivity (Wildman–Crippen MR) is 60.6 cm³/mol. The minimum atomic E-state index is -0.630. The number of carbonyl (C=O) groups is 1. The number of nitrogens with two attached hydrogens (primary N) is 1. The molecule has 0 saturated heterocycles. The fourth-order valence-corrected chi connectivity index (χ4v) is 1.18. The van der Waals surface area contributed by atoms with Crippen molar-refractivity contribution in [3.05, 3.63) is 35.9 Å². The molecule has 0 aliphatic heterocycles. The smallest absolute Gasteiger partial charge is 0.332 e. The van der Waals surface area contributed by atoms with Gasteiger partial charge < -0.3 is 5.73 Å². The summed E-state index contributed by atoms with van der Waals surface area (Å²) in [5.41, 5.74) is 9.21. The van der Waals surface area contributed by atoms with Crippen LogP contribution in [0.4, 0.5) is 4.79 Å². The molecule has 0 radical (unpaired) electrons. The highest BCUT2D eigenvalue weighted by Gasteiger charge is 1.95. The molecule has 0 aliphatic carbocycles. The Labute approximate surface area is 89.2 Å². The average molecular weight is 205 g/mol. The van der Waals surface area contributed by atoms with Crippen molar-refractivity contribution in [3.8, 4) is 0 Å². The molecule has 0 bridgehead atoms. The molecule has 2 amide bonds. The van der Waals surface area contributed by atoms with Gasteiger partial charge in [0.05, 0.1) is 0 Å². The zero-order valence-corrected chi connectivity index (χ0v) is 8.73. The molecule has 0 fully saturated rings. The Hall–Kier alpha value is -1.84. The van der Waals surface area contributed by atoms with Gasteiger partial charge in [0.1, 0.15) is 0 Å². The molecule has 15 heavy (non-hydrogen) atoms. The Balaban J connectivity index is 2.37. The van der Waals surface area contributed by atoms with E-state index in [4.69, 9.17) is 5.73 Å². The molecule has 0 unspecified atom stereocenters. The lowest BCUT2D eigenvalue weighted by Crippen LogP contribution is -2.25. The van der Waals surface area contributed by atoms with Crippen LogP contribution in [0, 0.1) is 0 Å². The third-order valence-electron chi connectivity index (χ3n) is 1.98. The van der Waals surface area contributed by atoms with Gasteiger partial charge in [0.15, 0.2) is 0 Å². The second kappa shape index (κ2) is 5.80. The summed E-state index contributed by atoms with van der Waals surface area (Å²) < 4.78 is 0.